The molecule has 5 nitrogen and oxygen atoms in total. The number of nitrogens with zero attached hydrogens (tertiary/aromatic N) is 1. The molecule has 2 aromatic rings. The first-order valence-electron chi connectivity index (χ1n) is 9.32. The molecule has 2 bridgehead atoms. The van der Waals surface area contributed by atoms with Crippen molar-refractivity contribution in [3.05, 3.63) is 65.7 Å². The van der Waals surface area contributed by atoms with E-state index in [-0.39, 0.29) is 41.0 Å². The maximum atomic E-state index is 13.2. The van der Waals surface area contributed by atoms with E-state index in [0.29, 0.717) is 11.6 Å². The zero-order valence-electron chi connectivity index (χ0n) is 14.6. The van der Waals surface area contributed by atoms with Crippen molar-refractivity contribution in [1.29, 1.82) is 0 Å². The number of carboxylic acids is 1. The first-order valence-corrected chi connectivity index (χ1v) is 9.32. The van der Waals surface area contributed by atoms with Crippen molar-refractivity contribution < 1.29 is 19.5 Å². The van der Waals surface area contributed by atoms with Crippen LogP contribution in [0.3, 0.4) is 0 Å². The molecule has 2 saturated carbocycles. The monoisotopic (exact) mass is 361 g/mol. The topological polar surface area (TPSA) is 74.7 Å². The minimum absolute atomic E-state index is 0.118. The van der Waals surface area contributed by atoms with Crippen LogP contribution in [0.4, 0.5) is 5.69 Å². The van der Waals surface area contributed by atoms with E-state index in [9.17, 15) is 14.4 Å². The second-order valence-corrected chi connectivity index (χ2v) is 7.83. The number of imide groups is 1. The summed E-state index contributed by atoms with van der Waals surface area (Å²) in [6.45, 7) is 0. The van der Waals surface area contributed by atoms with Crippen LogP contribution in [0.25, 0.3) is 0 Å². The standard InChI is InChI=1S/C22H19NO4/c24-20-18-14-10-16(12-4-2-1-3-5-12)17(11-14)19(18)21(25)23(20)15-8-6-13(7-9-15)22(26)27/h1-9,14,16-19H,10-11H2,(H,26,27)/t14-,16-,17+,18+,19+/m0/s1. The van der Waals surface area contributed by atoms with Crippen LogP contribution in [0.15, 0.2) is 54.6 Å². The van der Waals surface area contributed by atoms with Crippen LogP contribution in [-0.4, -0.2) is 22.9 Å². The van der Waals surface area contributed by atoms with Crippen molar-refractivity contribution in [3.8, 4) is 0 Å². The molecule has 136 valence electrons. The molecule has 3 aliphatic rings. The van der Waals surface area contributed by atoms with Gasteiger partial charge in [-0.2, -0.15) is 0 Å². The Bertz CT molecular complexity index is 937. The van der Waals surface area contributed by atoms with E-state index in [2.05, 4.69) is 12.1 Å². The molecule has 0 aromatic heterocycles. The lowest BCUT2D eigenvalue weighted by molar-refractivity contribution is -0.123. The van der Waals surface area contributed by atoms with Gasteiger partial charge < -0.3 is 5.11 Å². The number of amides is 2. The van der Waals surface area contributed by atoms with E-state index in [0.717, 1.165) is 12.8 Å². The van der Waals surface area contributed by atoms with Gasteiger partial charge in [0, 0.05) is 0 Å². The number of carbonyl (C=O) groups excluding carboxylic acids is 2. The number of carbonyl (C=O) groups is 3. The molecule has 0 spiro atoms. The Kier molecular flexibility index (Phi) is 3.47. The van der Waals surface area contributed by atoms with Gasteiger partial charge in [-0.05, 0) is 60.4 Å². The minimum atomic E-state index is -1.03. The van der Waals surface area contributed by atoms with E-state index < -0.39 is 5.97 Å². The second-order valence-electron chi connectivity index (χ2n) is 7.83. The van der Waals surface area contributed by atoms with E-state index in [1.807, 2.05) is 18.2 Å². The van der Waals surface area contributed by atoms with Crippen molar-refractivity contribution in [2.45, 2.75) is 18.8 Å². The summed E-state index contributed by atoms with van der Waals surface area (Å²) in [7, 11) is 0. The fourth-order valence-corrected chi connectivity index (χ4v) is 5.55. The van der Waals surface area contributed by atoms with Gasteiger partial charge in [0.1, 0.15) is 0 Å². The molecule has 1 aliphatic heterocycles. The number of benzene rings is 2. The van der Waals surface area contributed by atoms with Gasteiger partial charge in [0.05, 0.1) is 23.1 Å². The van der Waals surface area contributed by atoms with E-state index in [1.165, 1.54) is 22.6 Å². The van der Waals surface area contributed by atoms with Crippen molar-refractivity contribution in [2.24, 2.45) is 23.7 Å². The molecule has 2 amide bonds. The molecule has 1 N–H and O–H groups in total. The number of fused-ring (bicyclic) bond motifs is 5. The number of hydrogen-bond acceptors (Lipinski definition) is 3. The number of anilines is 1. The summed E-state index contributed by atoms with van der Waals surface area (Å²) in [4.78, 5) is 38.5. The fourth-order valence-electron chi connectivity index (χ4n) is 5.55. The van der Waals surface area contributed by atoms with Gasteiger partial charge in [0.15, 0.2) is 0 Å². The van der Waals surface area contributed by atoms with E-state index >= 15 is 0 Å². The fraction of sp³-hybridized carbons (Fsp3) is 0.318. The van der Waals surface area contributed by atoms with Crippen molar-refractivity contribution in [2.75, 3.05) is 4.90 Å². The van der Waals surface area contributed by atoms with Crippen LogP contribution in [0.5, 0.6) is 0 Å². The summed E-state index contributed by atoms with van der Waals surface area (Å²) in [5, 5.41) is 9.04. The second kappa shape index (κ2) is 5.78. The molecule has 5 atom stereocenters. The lowest BCUT2D eigenvalue weighted by atomic mass is 9.73. The summed E-state index contributed by atoms with van der Waals surface area (Å²) in [5.74, 6) is -0.938. The van der Waals surface area contributed by atoms with Crippen molar-refractivity contribution in [3.63, 3.8) is 0 Å². The highest BCUT2D eigenvalue weighted by atomic mass is 16.4. The van der Waals surface area contributed by atoms with Gasteiger partial charge >= 0.3 is 5.97 Å². The smallest absolute Gasteiger partial charge is 0.335 e. The van der Waals surface area contributed by atoms with Crippen LogP contribution in [-0.2, 0) is 9.59 Å². The zero-order chi connectivity index (χ0) is 18.7. The molecule has 3 fully saturated rings. The normalized spacial score (nSPS) is 31.4. The third kappa shape index (κ3) is 2.27. The van der Waals surface area contributed by atoms with Gasteiger partial charge in [-0.15, -0.1) is 0 Å². The summed E-state index contributed by atoms with van der Waals surface area (Å²) < 4.78 is 0. The molecule has 5 rings (SSSR count). The van der Waals surface area contributed by atoms with Crippen LogP contribution in [0.1, 0.15) is 34.7 Å². The quantitative estimate of drug-likeness (QED) is 0.851. The zero-order valence-corrected chi connectivity index (χ0v) is 14.6. The lowest BCUT2D eigenvalue weighted by Gasteiger charge is -2.28. The van der Waals surface area contributed by atoms with Crippen LogP contribution < -0.4 is 4.90 Å². The molecule has 27 heavy (non-hydrogen) atoms. The van der Waals surface area contributed by atoms with Crippen molar-refractivity contribution in [1.82, 2.24) is 0 Å². The first-order chi connectivity index (χ1) is 13.1. The van der Waals surface area contributed by atoms with Gasteiger partial charge in [0.2, 0.25) is 11.8 Å². The lowest BCUT2D eigenvalue weighted by Crippen LogP contribution is -2.33. The van der Waals surface area contributed by atoms with E-state index in [4.69, 9.17) is 5.11 Å². The molecule has 5 heteroatoms. The van der Waals surface area contributed by atoms with E-state index in [1.54, 1.807) is 12.1 Å². The van der Waals surface area contributed by atoms with Crippen molar-refractivity contribution >= 4 is 23.5 Å². The summed E-state index contributed by atoms with van der Waals surface area (Å²) in [6.07, 6.45) is 1.90. The van der Waals surface area contributed by atoms with Gasteiger partial charge in [-0.1, -0.05) is 30.3 Å². The maximum absolute atomic E-state index is 13.2. The number of rotatable bonds is 3. The number of aromatic carboxylic acids is 1. The molecule has 0 radical (unpaired) electrons. The maximum Gasteiger partial charge on any atom is 0.335 e. The molecular formula is C22H19NO4. The molecule has 2 aliphatic carbocycles. The van der Waals surface area contributed by atoms with Gasteiger partial charge in [0.25, 0.3) is 0 Å². The molecule has 1 heterocycles. The minimum Gasteiger partial charge on any atom is -0.478 e. The van der Waals surface area contributed by atoms with Crippen LogP contribution in [0, 0.1) is 23.7 Å². The summed E-state index contributed by atoms with van der Waals surface area (Å²) >= 11 is 0. The first kappa shape index (κ1) is 16.2. The largest absolute Gasteiger partial charge is 0.478 e. The Morgan fingerprint density at radius 2 is 1.56 bits per heavy atom. The van der Waals surface area contributed by atoms with Crippen LogP contribution >= 0.6 is 0 Å². The average Bonchev–Trinajstić information content (AvgIpc) is 3.34. The Morgan fingerprint density at radius 1 is 0.889 bits per heavy atom. The highest BCUT2D eigenvalue weighted by Crippen LogP contribution is 2.61. The third-order valence-corrected chi connectivity index (χ3v) is 6.62. The molecule has 1 saturated heterocycles. The highest BCUT2D eigenvalue weighted by Gasteiger charge is 2.64. The number of hydrogen-bond donors (Lipinski definition) is 1. The van der Waals surface area contributed by atoms with Crippen LogP contribution in [0.2, 0.25) is 0 Å². The van der Waals surface area contributed by atoms with Gasteiger partial charge in [-0.3, -0.25) is 14.5 Å². The highest BCUT2D eigenvalue weighted by molar-refractivity contribution is 6.22. The summed E-state index contributed by atoms with van der Waals surface area (Å²) in [6, 6.07) is 16.3. The predicted molar refractivity (Wildman–Crippen MR) is 98.3 cm³/mol. The third-order valence-electron chi connectivity index (χ3n) is 6.62. The number of carboxylic acid groups (broad SMARTS) is 1. The molecular weight excluding hydrogens is 342 g/mol. The summed E-state index contributed by atoms with van der Waals surface area (Å²) in [5.41, 5.74) is 1.87. The Hall–Kier alpha value is -2.95. The SMILES string of the molecule is O=C(O)c1ccc(N2C(=O)[C@@H]3[C@@H]4C[C@@H]([C@H]3C2=O)[C@H](c2ccccc2)C4)cc1. The Balaban J connectivity index is 1.46. The Morgan fingerprint density at radius 3 is 2.22 bits per heavy atom. The Labute approximate surface area is 156 Å². The van der Waals surface area contributed by atoms with Gasteiger partial charge in [-0.25, -0.2) is 4.79 Å². The predicted octanol–water partition coefficient (Wildman–Crippen LogP) is 3.31. The average molecular weight is 361 g/mol. The molecule has 0 unspecified atom stereocenters. The molecule has 2 aromatic carbocycles.